The number of H-pyrrole nitrogens is 1. The van der Waals surface area contributed by atoms with Gasteiger partial charge in [0.2, 0.25) is 0 Å². The second kappa shape index (κ2) is 18.4. The number of aromatic nitrogens is 3. The van der Waals surface area contributed by atoms with Gasteiger partial charge < -0.3 is 30.5 Å². The van der Waals surface area contributed by atoms with Gasteiger partial charge in [0.1, 0.15) is 23.9 Å². The van der Waals surface area contributed by atoms with Gasteiger partial charge in [0.15, 0.2) is 0 Å². The summed E-state index contributed by atoms with van der Waals surface area (Å²) in [4.78, 5) is 31.0. The molecule has 2 heterocycles. The van der Waals surface area contributed by atoms with Gasteiger partial charge in [0.05, 0.1) is 18.8 Å². The Labute approximate surface area is 279 Å². The number of alkyl halides is 9. The molecule has 4 rings (SSSR count). The summed E-state index contributed by atoms with van der Waals surface area (Å²) >= 11 is 0. The van der Waals surface area contributed by atoms with Crippen molar-refractivity contribution in [2.24, 2.45) is 5.73 Å². The fourth-order valence-corrected chi connectivity index (χ4v) is 3.42. The van der Waals surface area contributed by atoms with Crippen LogP contribution in [0.4, 0.5) is 43.9 Å². The van der Waals surface area contributed by atoms with E-state index in [-0.39, 0.29) is 18.5 Å². The van der Waals surface area contributed by atoms with Crippen molar-refractivity contribution in [1.82, 2.24) is 15.2 Å². The first-order valence-electron chi connectivity index (χ1n) is 13.4. The number of carbonyl (C=O) groups is 3. The van der Waals surface area contributed by atoms with E-state index >= 15 is 0 Å². The number of halogens is 10. The van der Waals surface area contributed by atoms with Crippen LogP contribution < -0.4 is 15.2 Å². The van der Waals surface area contributed by atoms with Crippen LogP contribution >= 0.6 is 0 Å². The highest BCUT2D eigenvalue weighted by Crippen LogP contribution is 2.27. The van der Waals surface area contributed by atoms with Crippen molar-refractivity contribution in [2.75, 3.05) is 13.7 Å². The first kappa shape index (κ1) is 43.4. The summed E-state index contributed by atoms with van der Waals surface area (Å²) in [6.45, 7) is 2.26. The van der Waals surface area contributed by atoms with Crippen LogP contribution in [0.2, 0.25) is 0 Å². The van der Waals surface area contributed by atoms with Gasteiger partial charge >= 0.3 is 36.4 Å². The van der Waals surface area contributed by atoms with E-state index in [0.717, 1.165) is 27.7 Å². The Kier molecular flexibility index (Phi) is 15.6. The van der Waals surface area contributed by atoms with E-state index in [1.54, 1.807) is 25.6 Å². The van der Waals surface area contributed by atoms with Crippen LogP contribution in [0.25, 0.3) is 22.0 Å². The number of nitrogens with one attached hydrogen (secondary N) is 1. The van der Waals surface area contributed by atoms with Crippen LogP contribution in [0.15, 0.2) is 54.9 Å². The monoisotopic (exact) mass is 748 g/mol. The number of nitrogens with zero attached hydrogens (tertiary/aromatic N) is 2. The van der Waals surface area contributed by atoms with E-state index in [1.165, 1.54) is 12.1 Å². The van der Waals surface area contributed by atoms with Gasteiger partial charge in [-0.15, -0.1) is 0 Å². The molecule has 0 amide bonds. The molecular formula is C29H26F10N4O8. The van der Waals surface area contributed by atoms with Gasteiger partial charge in [-0.05, 0) is 60.9 Å². The Morgan fingerprint density at radius 2 is 1.35 bits per heavy atom. The zero-order valence-corrected chi connectivity index (χ0v) is 25.8. The van der Waals surface area contributed by atoms with Gasteiger partial charge in [-0.3, -0.25) is 10.1 Å². The zero-order chi connectivity index (χ0) is 39.3. The van der Waals surface area contributed by atoms with Crippen LogP contribution in [0.3, 0.4) is 0 Å². The molecule has 4 aromatic rings. The number of rotatable bonds is 7. The Balaban J connectivity index is 0.000000505. The number of ether oxygens (including phenoxy) is 2. The van der Waals surface area contributed by atoms with Crippen molar-refractivity contribution in [3.8, 4) is 22.6 Å². The lowest BCUT2D eigenvalue weighted by Gasteiger charge is -2.15. The van der Waals surface area contributed by atoms with E-state index in [4.69, 9.17) is 44.9 Å². The topological polar surface area (TPSA) is 198 Å². The lowest BCUT2D eigenvalue weighted by atomic mass is 10.0. The minimum atomic E-state index is -5.08. The summed E-state index contributed by atoms with van der Waals surface area (Å²) in [7, 11) is 1.55. The molecule has 22 heteroatoms. The molecule has 6 N–H and O–H groups in total. The lowest BCUT2D eigenvalue weighted by molar-refractivity contribution is -0.193. The van der Waals surface area contributed by atoms with Crippen molar-refractivity contribution < 1.29 is 83.1 Å². The summed E-state index contributed by atoms with van der Waals surface area (Å²) in [6, 6.07) is 12.1. The Bertz CT molecular complexity index is 1720. The second-order valence-corrected chi connectivity index (χ2v) is 9.63. The maximum Gasteiger partial charge on any atom is 0.490 e. The normalized spacial score (nSPS) is 11.8. The van der Waals surface area contributed by atoms with Gasteiger partial charge in [0, 0.05) is 28.9 Å². The SMILES string of the molecule is COc1ccc(F)cc1C[C@H](N)COc1cncc(-c2ccc3n[nH]c(C)c3c2)c1.O=C(O)C(F)(F)F.O=C(O)C(F)(F)F.O=C(O)C(F)(F)F. The van der Waals surface area contributed by atoms with Crippen molar-refractivity contribution in [3.63, 3.8) is 0 Å². The number of fused-ring (bicyclic) bond motifs is 1. The summed E-state index contributed by atoms with van der Waals surface area (Å²) < 4.78 is 120. The van der Waals surface area contributed by atoms with E-state index in [1.807, 2.05) is 25.1 Å². The molecule has 0 aliphatic carbocycles. The number of benzene rings is 2. The van der Waals surface area contributed by atoms with Crippen molar-refractivity contribution >= 4 is 28.8 Å². The molecule has 0 aliphatic rings. The molecule has 12 nitrogen and oxygen atoms in total. The number of methoxy groups -OCH3 is 1. The van der Waals surface area contributed by atoms with E-state index in [2.05, 4.69) is 21.2 Å². The molecule has 51 heavy (non-hydrogen) atoms. The molecule has 1 atom stereocenters. The number of aromatic amines is 1. The highest BCUT2D eigenvalue weighted by molar-refractivity contribution is 5.86. The highest BCUT2D eigenvalue weighted by Gasteiger charge is 2.39. The third-order valence-corrected chi connectivity index (χ3v) is 5.71. The average Bonchev–Trinajstić information content (AvgIpc) is 3.39. The smallest absolute Gasteiger partial charge is 0.490 e. The summed E-state index contributed by atoms with van der Waals surface area (Å²) in [5.41, 5.74) is 10.8. The minimum Gasteiger partial charge on any atom is -0.496 e. The fourth-order valence-electron chi connectivity index (χ4n) is 3.42. The molecule has 280 valence electrons. The number of aliphatic carboxylic acids is 3. The van der Waals surface area contributed by atoms with Crippen LogP contribution in [-0.4, -0.2) is 86.7 Å². The first-order valence-corrected chi connectivity index (χ1v) is 13.4. The number of pyridine rings is 1. The summed E-state index contributed by atoms with van der Waals surface area (Å²) in [6.07, 6.45) is -11.4. The molecule has 0 fully saturated rings. The maximum atomic E-state index is 13.6. The van der Waals surface area contributed by atoms with Gasteiger partial charge in [-0.1, -0.05) is 6.07 Å². The number of aryl methyl sites for hydroxylation is 1. The van der Waals surface area contributed by atoms with Crippen molar-refractivity contribution in [1.29, 1.82) is 0 Å². The fraction of sp³-hybridized carbons (Fsp3) is 0.276. The molecule has 0 unspecified atom stereocenters. The highest BCUT2D eigenvalue weighted by atomic mass is 19.4. The summed E-state index contributed by atoms with van der Waals surface area (Å²) in [5.74, 6) is -7.35. The van der Waals surface area contributed by atoms with Crippen LogP contribution in [0, 0.1) is 12.7 Å². The summed E-state index contributed by atoms with van der Waals surface area (Å²) in [5, 5.41) is 29.7. The van der Waals surface area contributed by atoms with Crippen LogP contribution in [0.1, 0.15) is 11.3 Å². The third kappa shape index (κ3) is 15.2. The quantitative estimate of drug-likeness (QED) is 0.141. The number of hydrogen-bond donors (Lipinski definition) is 5. The van der Waals surface area contributed by atoms with Gasteiger partial charge in [-0.25, -0.2) is 18.8 Å². The number of nitrogens with two attached hydrogens (primary N) is 1. The van der Waals surface area contributed by atoms with E-state index < -0.39 is 36.4 Å². The predicted molar refractivity (Wildman–Crippen MR) is 155 cm³/mol. The zero-order valence-electron chi connectivity index (χ0n) is 25.8. The Morgan fingerprint density at radius 1 is 0.824 bits per heavy atom. The molecule has 2 aromatic heterocycles. The predicted octanol–water partition coefficient (Wildman–Crippen LogP) is 5.93. The van der Waals surface area contributed by atoms with Crippen LogP contribution in [-0.2, 0) is 20.8 Å². The molecule has 0 aliphatic heterocycles. The van der Waals surface area contributed by atoms with Crippen molar-refractivity contribution in [2.45, 2.75) is 37.9 Å². The average molecular weight is 749 g/mol. The number of hydrogen-bond acceptors (Lipinski definition) is 8. The van der Waals surface area contributed by atoms with E-state index in [0.29, 0.717) is 23.5 Å². The van der Waals surface area contributed by atoms with Gasteiger partial charge in [-0.2, -0.15) is 44.6 Å². The molecular weight excluding hydrogens is 722 g/mol. The molecule has 2 aromatic carbocycles. The lowest BCUT2D eigenvalue weighted by Crippen LogP contribution is -2.30. The standard InChI is InChI=1S/C23H23FN4O2.3C2HF3O2/c1-14-21-10-15(3-5-22(21)28-27-14)17-9-20(12-26-11-17)30-13-19(25)8-16-7-18(24)4-6-23(16)29-2;3*3-2(4,5)1(6)7/h3-7,9-12,19H,8,13,25H2,1-2H3,(H,27,28);3*(H,6,7)/t19-;;;/m0.../s1. The van der Waals surface area contributed by atoms with Gasteiger partial charge in [0.25, 0.3) is 0 Å². The second-order valence-electron chi connectivity index (χ2n) is 9.63. The Morgan fingerprint density at radius 3 is 1.84 bits per heavy atom. The van der Waals surface area contributed by atoms with E-state index in [9.17, 15) is 43.9 Å². The number of carboxylic acids is 3. The molecule has 0 spiro atoms. The first-order chi connectivity index (χ1) is 23.4. The molecule has 0 saturated heterocycles. The number of carboxylic acid groups (broad SMARTS) is 3. The Hall–Kier alpha value is -5.67. The van der Waals surface area contributed by atoms with Crippen LogP contribution in [0.5, 0.6) is 11.5 Å². The maximum absolute atomic E-state index is 13.6. The van der Waals surface area contributed by atoms with Crippen molar-refractivity contribution in [3.05, 3.63) is 71.9 Å². The molecule has 0 saturated carbocycles. The molecule has 0 radical (unpaired) electrons. The minimum absolute atomic E-state index is 0.269. The third-order valence-electron chi connectivity index (χ3n) is 5.71. The molecule has 0 bridgehead atoms. The largest absolute Gasteiger partial charge is 0.496 e.